The SMILES string of the molecule is CCCCCCCC(O)C1C2C3CCC(C3)C12. The summed E-state index contributed by atoms with van der Waals surface area (Å²) in [5, 5.41) is 10.3. The second-order valence-electron chi connectivity index (χ2n) is 6.84. The average Bonchev–Trinajstić information content (AvgIpc) is 2.78. The summed E-state index contributed by atoms with van der Waals surface area (Å²) in [6.45, 7) is 2.26. The minimum Gasteiger partial charge on any atom is -0.393 e. The summed E-state index contributed by atoms with van der Waals surface area (Å²) < 4.78 is 0. The molecule has 0 aromatic heterocycles. The highest BCUT2D eigenvalue weighted by Gasteiger charge is 2.66. The lowest BCUT2D eigenvalue weighted by Crippen LogP contribution is -2.15. The molecule has 0 aromatic rings. The molecule has 2 bridgehead atoms. The van der Waals surface area contributed by atoms with Gasteiger partial charge in [0.25, 0.3) is 0 Å². The van der Waals surface area contributed by atoms with Crippen molar-refractivity contribution in [3.63, 3.8) is 0 Å². The minimum atomic E-state index is 0.0510. The van der Waals surface area contributed by atoms with E-state index in [9.17, 15) is 5.11 Å². The lowest BCUT2D eigenvalue weighted by atomic mass is 9.96. The van der Waals surface area contributed by atoms with Gasteiger partial charge in [-0.25, -0.2) is 0 Å². The quantitative estimate of drug-likeness (QED) is 0.662. The third-order valence-electron chi connectivity index (χ3n) is 5.84. The fourth-order valence-electron chi connectivity index (χ4n) is 5.06. The van der Waals surface area contributed by atoms with E-state index in [1.807, 2.05) is 0 Å². The van der Waals surface area contributed by atoms with Gasteiger partial charge in [0.2, 0.25) is 0 Å². The van der Waals surface area contributed by atoms with E-state index in [1.165, 1.54) is 51.4 Å². The van der Waals surface area contributed by atoms with Gasteiger partial charge in [-0.3, -0.25) is 0 Å². The molecule has 0 heterocycles. The Balaban J connectivity index is 1.36. The Morgan fingerprint density at radius 2 is 1.65 bits per heavy atom. The van der Waals surface area contributed by atoms with Crippen LogP contribution in [0.2, 0.25) is 0 Å². The number of hydrogen-bond acceptors (Lipinski definition) is 1. The van der Waals surface area contributed by atoms with Crippen molar-refractivity contribution in [2.75, 3.05) is 0 Å². The molecule has 1 N–H and O–H groups in total. The fourth-order valence-corrected chi connectivity index (χ4v) is 5.06. The number of aliphatic hydroxyl groups is 1. The van der Waals surface area contributed by atoms with E-state index in [0.29, 0.717) is 0 Å². The summed E-state index contributed by atoms with van der Waals surface area (Å²) in [5.74, 6) is 4.68. The topological polar surface area (TPSA) is 20.2 Å². The smallest absolute Gasteiger partial charge is 0.0574 e. The van der Waals surface area contributed by atoms with E-state index in [4.69, 9.17) is 0 Å². The number of hydrogen-bond donors (Lipinski definition) is 1. The maximum absolute atomic E-state index is 10.3. The standard InChI is InChI=1S/C16H28O/c1-2-3-4-5-6-7-13(17)16-14-11-8-9-12(10-11)15(14)16/h11-17H,2-10H2,1H3. The molecule has 98 valence electrons. The first-order valence-electron chi connectivity index (χ1n) is 8.01. The molecule has 5 unspecified atom stereocenters. The highest BCUT2D eigenvalue weighted by atomic mass is 16.3. The van der Waals surface area contributed by atoms with E-state index in [0.717, 1.165) is 36.0 Å². The van der Waals surface area contributed by atoms with Crippen molar-refractivity contribution in [2.45, 2.75) is 70.8 Å². The number of rotatable bonds is 7. The molecular formula is C16H28O. The first-order chi connectivity index (χ1) is 8.33. The molecule has 1 nitrogen and oxygen atoms in total. The summed E-state index contributed by atoms with van der Waals surface area (Å²) in [4.78, 5) is 0. The van der Waals surface area contributed by atoms with E-state index in [2.05, 4.69) is 6.92 Å². The van der Waals surface area contributed by atoms with Crippen LogP contribution in [0.1, 0.15) is 64.7 Å². The fraction of sp³-hybridized carbons (Fsp3) is 1.00. The number of fused-ring (bicyclic) bond motifs is 5. The van der Waals surface area contributed by atoms with Crippen molar-refractivity contribution in [2.24, 2.45) is 29.6 Å². The van der Waals surface area contributed by atoms with Gasteiger partial charge in [0.05, 0.1) is 6.10 Å². The first kappa shape index (κ1) is 12.0. The van der Waals surface area contributed by atoms with Crippen molar-refractivity contribution in [1.82, 2.24) is 0 Å². The highest BCUT2D eigenvalue weighted by Crippen LogP contribution is 2.70. The second kappa shape index (κ2) is 4.91. The van der Waals surface area contributed by atoms with Crippen LogP contribution in [0.5, 0.6) is 0 Å². The molecule has 3 rings (SSSR count). The molecule has 3 aliphatic carbocycles. The van der Waals surface area contributed by atoms with Crippen molar-refractivity contribution < 1.29 is 5.11 Å². The van der Waals surface area contributed by atoms with Gasteiger partial charge >= 0.3 is 0 Å². The average molecular weight is 236 g/mol. The third kappa shape index (κ3) is 2.16. The lowest BCUT2D eigenvalue weighted by molar-refractivity contribution is 0.116. The van der Waals surface area contributed by atoms with E-state index in [1.54, 1.807) is 0 Å². The summed E-state index contributed by atoms with van der Waals surface area (Å²) in [6.07, 6.45) is 12.2. The normalized spacial score (nSPS) is 43.8. The van der Waals surface area contributed by atoms with E-state index >= 15 is 0 Å². The van der Waals surface area contributed by atoms with Crippen LogP contribution < -0.4 is 0 Å². The summed E-state index contributed by atoms with van der Waals surface area (Å²) in [7, 11) is 0. The Labute approximate surface area is 106 Å². The number of unbranched alkanes of at least 4 members (excludes halogenated alkanes) is 4. The van der Waals surface area contributed by atoms with Gasteiger partial charge in [-0.1, -0.05) is 39.0 Å². The van der Waals surface area contributed by atoms with Crippen LogP contribution in [0, 0.1) is 29.6 Å². The summed E-state index contributed by atoms with van der Waals surface area (Å²) >= 11 is 0. The zero-order chi connectivity index (χ0) is 11.8. The van der Waals surface area contributed by atoms with Crippen LogP contribution in [0.15, 0.2) is 0 Å². The largest absolute Gasteiger partial charge is 0.393 e. The maximum atomic E-state index is 10.3. The van der Waals surface area contributed by atoms with Gasteiger partial charge in [0.1, 0.15) is 0 Å². The predicted octanol–water partition coefficient (Wildman–Crippen LogP) is 4.00. The van der Waals surface area contributed by atoms with Gasteiger partial charge in [-0.2, -0.15) is 0 Å². The predicted molar refractivity (Wildman–Crippen MR) is 70.7 cm³/mol. The van der Waals surface area contributed by atoms with Gasteiger partial charge in [0, 0.05) is 0 Å². The molecule has 17 heavy (non-hydrogen) atoms. The Morgan fingerprint density at radius 3 is 2.29 bits per heavy atom. The Kier molecular flexibility index (Phi) is 3.47. The van der Waals surface area contributed by atoms with Gasteiger partial charge in [-0.05, 0) is 55.3 Å². The Hall–Kier alpha value is -0.0400. The molecule has 0 aromatic carbocycles. The molecule has 5 atom stereocenters. The zero-order valence-electron chi connectivity index (χ0n) is 11.3. The molecule has 0 saturated heterocycles. The summed E-state index contributed by atoms with van der Waals surface area (Å²) in [5.41, 5.74) is 0. The van der Waals surface area contributed by atoms with E-state index < -0.39 is 0 Å². The maximum Gasteiger partial charge on any atom is 0.0574 e. The zero-order valence-corrected chi connectivity index (χ0v) is 11.3. The highest BCUT2D eigenvalue weighted by molar-refractivity contribution is 5.14. The molecule has 3 fully saturated rings. The molecular weight excluding hydrogens is 208 g/mol. The van der Waals surface area contributed by atoms with Crippen LogP contribution in [-0.2, 0) is 0 Å². The molecule has 0 spiro atoms. The van der Waals surface area contributed by atoms with Gasteiger partial charge in [-0.15, -0.1) is 0 Å². The van der Waals surface area contributed by atoms with Crippen molar-refractivity contribution in [3.05, 3.63) is 0 Å². The van der Waals surface area contributed by atoms with E-state index in [-0.39, 0.29) is 6.10 Å². The first-order valence-corrected chi connectivity index (χ1v) is 8.01. The van der Waals surface area contributed by atoms with Crippen LogP contribution in [0.3, 0.4) is 0 Å². The molecule has 3 aliphatic rings. The second-order valence-corrected chi connectivity index (χ2v) is 6.84. The number of aliphatic hydroxyl groups excluding tert-OH is 1. The monoisotopic (exact) mass is 236 g/mol. The molecule has 0 amide bonds. The molecule has 1 heteroatoms. The molecule has 3 saturated carbocycles. The Bertz CT molecular complexity index is 246. The van der Waals surface area contributed by atoms with Crippen molar-refractivity contribution in [1.29, 1.82) is 0 Å². The molecule has 0 aliphatic heterocycles. The van der Waals surface area contributed by atoms with Crippen molar-refractivity contribution in [3.8, 4) is 0 Å². The van der Waals surface area contributed by atoms with Crippen molar-refractivity contribution >= 4 is 0 Å². The summed E-state index contributed by atoms with van der Waals surface area (Å²) in [6, 6.07) is 0. The molecule has 0 radical (unpaired) electrons. The van der Waals surface area contributed by atoms with Crippen LogP contribution in [-0.4, -0.2) is 11.2 Å². The minimum absolute atomic E-state index is 0.0510. The van der Waals surface area contributed by atoms with Gasteiger partial charge < -0.3 is 5.11 Å². The van der Waals surface area contributed by atoms with Gasteiger partial charge in [0.15, 0.2) is 0 Å². The van der Waals surface area contributed by atoms with Crippen LogP contribution >= 0.6 is 0 Å². The Morgan fingerprint density at radius 1 is 1.00 bits per heavy atom. The lowest BCUT2D eigenvalue weighted by Gasteiger charge is -2.15. The van der Waals surface area contributed by atoms with Crippen LogP contribution in [0.4, 0.5) is 0 Å². The van der Waals surface area contributed by atoms with Crippen LogP contribution in [0.25, 0.3) is 0 Å². The third-order valence-corrected chi connectivity index (χ3v) is 5.84.